The Kier molecular flexibility index (Phi) is 8.73. The highest BCUT2D eigenvalue weighted by Crippen LogP contribution is 2.42. The molecule has 8 rings (SSSR count). The molecule has 288 valence electrons. The number of rotatable bonds is 4. The molecule has 3 aliphatic heterocycles. The molecule has 2 amide bonds. The summed E-state index contributed by atoms with van der Waals surface area (Å²) in [6.45, 7) is 10.5. The van der Waals surface area contributed by atoms with Gasteiger partial charge in [-0.2, -0.15) is 0 Å². The number of hydrogen-bond donors (Lipinski definition) is 2. The maximum absolute atomic E-state index is 14.5. The second kappa shape index (κ2) is 13.2. The predicted octanol–water partition coefficient (Wildman–Crippen LogP) is 8.17. The number of ether oxygens (including phenoxy) is 3. The maximum Gasteiger partial charge on any atom is 0.411 e. The maximum atomic E-state index is 14.5. The SMILES string of the molecule is CC(C)(C)OC(=O)N1CC(F)CC1c1ncc(-c2ccc3c(c2)OCc2c-3c(=O)oc3cc(-c4cnc(C5CC(F)CN5C(=O)OC(C)(C)C)[nH]4)ccc23)[nH]1. The summed E-state index contributed by atoms with van der Waals surface area (Å²) in [5.74, 6) is 1.35. The second-order valence-corrected chi connectivity index (χ2v) is 16.3. The molecular formula is C40H42F2N6O7. The second-order valence-electron chi connectivity index (χ2n) is 16.3. The number of aromatic amines is 2. The molecule has 4 atom stereocenters. The number of H-pyrrole nitrogens is 2. The Morgan fingerprint density at radius 3 is 1.87 bits per heavy atom. The van der Waals surface area contributed by atoms with E-state index >= 15 is 0 Å². The summed E-state index contributed by atoms with van der Waals surface area (Å²) in [4.78, 5) is 57.5. The first-order valence-corrected chi connectivity index (χ1v) is 18.3. The Balaban J connectivity index is 1.04. The van der Waals surface area contributed by atoms with Gasteiger partial charge >= 0.3 is 17.8 Å². The molecule has 6 heterocycles. The normalized spacial score (nSPS) is 21.0. The number of halogens is 2. The molecular weight excluding hydrogens is 714 g/mol. The lowest BCUT2D eigenvalue weighted by molar-refractivity contribution is 0.0201. The molecule has 2 fully saturated rings. The van der Waals surface area contributed by atoms with Gasteiger partial charge in [0.25, 0.3) is 0 Å². The number of nitrogens with one attached hydrogen (secondary N) is 2. The first kappa shape index (κ1) is 36.3. The zero-order valence-corrected chi connectivity index (χ0v) is 31.4. The average molecular weight is 757 g/mol. The van der Waals surface area contributed by atoms with Crippen LogP contribution in [-0.2, 0) is 16.1 Å². The van der Waals surface area contributed by atoms with E-state index < -0.39 is 53.4 Å². The van der Waals surface area contributed by atoms with Crippen LogP contribution >= 0.6 is 0 Å². The highest BCUT2D eigenvalue weighted by Gasteiger charge is 2.41. The van der Waals surface area contributed by atoms with Crippen molar-refractivity contribution in [1.29, 1.82) is 0 Å². The van der Waals surface area contributed by atoms with Crippen molar-refractivity contribution >= 4 is 23.2 Å². The summed E-state index contributed by atoms with van der Waals surface area (Å²) < 4.78 is 52.2. The van der Waals surface area contributed by atoms with Crippen molar-refractivity contribution in [1.82, 2.24) is 29.7 Å². The third kappa shape index (κ3) is 7.03. The Morgan fingerprint density at radius 2 is 1.33 bits per heavy atom. The number of carbonyl (C=O) groups excluding carboxylic acids is 2. The highest BCUT2D eigenvalue weighted by atomic mass is 19.1. The standard InChI is InChI=1S/C40H42F2N6O7/c1-39(2,3)54-37(50)47-17-22(41)13-29(47)34-43-15-27(45-34)20-8-10-25-31(11-20)52-19-26-24-9-7-21(12-32(24)53-36(49)33(25)26)28-16-44-35(46-28)30-14-23(42)18-48(30)38(51)55-40(4,5)6/h7-12,15-16,22-23,29-30H,13-14,17-19H2,1-6H3,(H,43,45)(H,44,46). The molecule has 2 aromatic carbocycles. The molecule has 0 aliphatic carbocycles. The fourth-order valence-corrected chi connectivity index (χ4v) is 7.46. The lowest BCUT2D eigenvalue weighted by Crippen LogP contribution is -2.37. The van der Waals surface area contributed by atoms with E-state index in [4.69, 9.17) is 18.6 Å². The van der Waals surface area contributed by atoms with Crippen LogP contribution in [0.2, 0.25) is 0 Å². The van der Waals surface area contributed by atoms with Gasteiger partial charge in [0.1, 0.15) is 53.1 Å². The van der Waals surface area contributed by atoms with E-state index in [9.17, 15) is 23.2 Å². The lowest BCUT2D eigenvalue weighted by Gasteiger charge is -2.27. The van der Waals surface area contributed by atoms with Crippen LogP contribution in [0.4, 0.5) is 18.4 Å². The first-order chi connectivity index (χ1) is 26.0. The van der Waals surface area contributed by atoms with Crippen LogP contribution in [0.25, 0.3) is 44.6 Å². The van der Waals surface area contributed by atoms with E-state index in [1.807, 2.05) is 18.2 Å². The van der Waals surface area contributed by atoms with E-state index in [2.05, 4.69) is 19.9 Å². The summed E-state index contributed by atoms with van der Waals surface area (Å²) in [5.41, 5.74) is 2.69. The molecule has 2 N–H and O–H groups in total. The Morgan fingerprint density at radius 1 is 0.800 bits per heavy atom. The summed E-state index contributed by atoms with van der Waals surface area (Å²) in [5, 5.41) is 0.704. The first-order valence-electron chi connectivity index (χ1n) is 18.3. The monoisotopic (exact) mass is 756 g/mol. The van der Waals surface area contributed by atoms with Gasteiger partial charge < -0.3 is 28.6 Å². The molecule has 5 aromatic rings. The third-order valence-electron chi connectivity index (χ3n) is 9.84. The molecule has 4 unspecified atom stereocenters. The number of imidazole rings is 2. The predicted molar refractivity (Wildman–Crippen MR) is 198 cm³/mol. The number of likely N-dealkylation sites (tertiary alicyclic amines) is 2. The number of benzene rings is 2. The summed E-state index contributed by atoms with van der Waals surface area (Å²) >= 11 is 0. The third-order valence-corrected chi connectivity index (χ3v) is 9.84. The number of alkyl halides is 2. The van der Waals surface area contributed by atoms with Crippen LogP contribution in [0.5, 0.6) is 5.75 Å². The topological polar surface area (TPSA) is 156 Å². The average Bonchev–Trinajstić information content (AvgIpc) is 3.92. The zero-order chi connectivity index (χ0) is 39.0. The smallest absolute Gasteiger partial charge is 0.411 e. The van der Waals surface area contributed by atoms with Crippen molar-refractivity contribution in [3.05, 3.63) is 76.4 Å². The minimum absolute atomic E-state index is 0.0804. The molecule has 3 aliphatic rings. The minimum atomic E-state index is -1.21. The number of aromatic nitrogens is 4. The van der Waals surface area contributed by atoms with Crippen molar-refractivity contribution in [2.75, 3.05) is 13.1 Å². The Hall–Kier alpha value is -5.73. The van der Waals surface area contributed by atoms with Gasteiger partial charge in [0, 0.05) is 40.5 Å². The minimum Gasteiger partial charge on any atom is -0.488 e. The van der Waals surface area contributed by atoms with Crippen molar-refractivity contribution in [3.8, 4) is 39.4 Å². The zero-order valence-electron chi connectivity index (χ0n) is 31.4. The van der Waals surface area contributed by atoms with Crippen LogP contribution in [0, 0.1) is 0 Å². The van der Waals surface area contributed by atoms with Gasteiger partial charge in [-0.3, -0.25) is 9.80 Å². The number of hydrogen-bond acceptors (Lipinski definition) is 9. The van der Waals surface area contributed by atoms with Crippen molar-refractivity contribution < 1.29 is 37.0 Å². The Bertz CT molecular complexity index is 2370. The number of nitrogens with zero attached hydrogens (tertiary/aromatic N) is 4. The van der Waals surface area contributed by atoms with Crippen molar-refractivity contribution in [2.24, 2.45) is 0 Å². The van der Waals surface area contributed by atoms with E-state index in [1.165, 1.54) is 9.80 Å². The van der Waals surface area contributed by atoms with Gasteiger partial charge in [-0.05, 0) is 59.7 Å². The highest BCUT2D eigenvalue weighted by molar-refractivity contribution is 5.91. The Labute approximate surface area is 315 Å². The fraction of sp³-hybridized carbons (Fsp3) is 0.425. The van der Waals surface area contributed by atoms with Crippen molar-refractivity contribution in [2.45, 2.75) is 96.6 Å². The van der Waals surface area contributed by atoms with Gasteiger partial charge in [0.2, 0.25) is 0 Å². The van der Waals surface area contributed by atoms with Gasteiger partial charge in [-0.25, -0.2) is 33.1 Å². The van der Waals surface area contributed by atoms with Crippen LogP contribution < -0.4 is 10.4 Å². The van der Waals surface area contributed by atoms with Gasteiger partial charge in [0.15, 0.2) is 0 Å². The van der Waals surface area contributed by atoms with E-state index in [1.54, 1.807) is 72.1 Å². The van der Waals surface area contributed by atoms with Crippen LogP contribution in [-0.4, -0.2) is 78.6 Å². The van der Waals surface area contributed by atoms with Gasteiger partial charge in [-0.1, -0.05) is 18.2 Å². The molecule has 15 heteroatoms. The van der Waals surface area contributed by atoms with Crippen molar-refractivity contribution in [3.63, 3.8) is 0 Å². The molecule has 0 bridgehead atoms. The quantitative estimate of drug-likeness (QED) is 0.173. The molecule has 0 saturated carbocycles. The largest absolute Gasteiger partial charge is 0.488 e. The summed E-state index contributed by atoms with van der Waals surface area (Å²) in [6, 6.07) is 9.64. The van der Waals surface area contributed by atoms with Gasteiger partial charge in [-0.15, -0.1) is 0 Å². The van der Waals surface area contributed by atoms with Crippen LogP contribution in [0.1, 0.15) is 83.7 Å². The van der Waals surface area contributed by atoms with Gasteiger partial charge in [0.05, 0.1) is 54.5 Å². The number of fused-ring (bicyclic) bond motifs is 5. The molecule has 3 aromatic heterocycles. The van der Waals surface area contributed by atoms with Crippen LogP contribution in [0.15, 0.2) is 58.0 Å². The molecule has 2 saturated heterocycles. The molecule has 13 nitrogen and oxygen atoms in total. The van der Waals surface area contributed by atoms with Crippen LogP contribution in [0.3, 0.4) is 0 Å². The summed E-state index contributed by atoms with van der Waals surface area (Å²) in [7, 11) is 0. The fourth-order valence-electron chi connectivity index (χ4n) is 7.46. The number of amides is 2. The lowest BCUT2D eigenvalue weighted by atomic mass is 9.94. The molecule has 0 radical (unpaired) electrons. The molecule has 55 heavy (non-hydrogen) atoms. The summed E-state index contributed by atoms with van der Waals surface area (Å²) in [6.07, 6.45) is -0.203. The molecule has 0 spiro atoms. The van der Waals surface area contributed by atoms with E-state index in [0.29, 0.717) is 62.0 Å². The number of carbonyl (C=O) groups is 2. The van der Waals surface area contributed by atoms with E-state index in [0.717, 1.165) is 5.56 Å². The van der Waals surface area contributed by atoms with E-state index in [-0.39, 0.29) is 32.5 Å².